The maximum absolute atomic E-state index is 12.2. The average molecular weight is 292 g/mol. The van der Waals surface area contributed by atoms with Crippen molar-refractivity contribution < 1.29 is 9.90 Å². The number of aliphatic hydroxyl groups is 1. The minimum atomic E-state index is -0.0281. The maximum atomic E-state index is 12.2. The van der Waals surface area contributed by atoms with Crippen LogP contribution in [0, 0.1) is 0 Å². The molecule has 0 saturated carbocycles. The number of nitrogens with zero attached hydrogens (tertiary/aromatic N) is 1. The molecule has 0 atom stereocenters. The molecule has 0 fully saturated rings. The van der Waals surface area contributed by atoms with E-state index in [2.05, 4.69) is 31.0 Å². The Morgan fingerprint density at radius 3 is 2.29 bits per heavy atom. The molecule has 0 aliphatic carbocycles. The molecule has 4 heteroatoms. The summed E-state index contributed by atoms with van der Waals surface area (Å²) in [7, 11) is 0. The van der Waals surface area contributed by atoms with Gasteiger partial charge in [-0.05, 0) is 37.0 Å². The van der Waals surface area contributed by atoms with Gasteiger partial charge >= 0.3 is 0 Å². The molecule has 1 aromatic carbocycles. The summed E-state index contributed by atoms with van der Waals surface area (Å²) in [4.78, 5) is 14.2. The number of rotatable bonds is 9. The van der Waals surface area contributed by atoms with Crippen molar-refractivity contribution in [1.82, 2.24) is 4.90 Å². The van der Waals surface area contributed by atoms with Crippen molar-refractivity contribution in [3.05, 3.63) is 29.8 Å². The third-order valence-electron chi connectivity index (χ3n) is 3.84. The number of carbonyl (C=O) groups is 1. The first-order chi connectivity index (χ1) is 10.1. The first-order valence-electron chi connectivity index (χ1n) is 7.88. The van der Waals surface area contributed by atoms with Crippen LogP contribution < -0.4 is 5.32 Å². The second-order valence-corrected chi connectivity index (χ2v) is 5.26. The zero-order valence-electron chi connectivity index (χ0n) is 13.4. The van der Waals surface area contributed by atoms with Crippen molar-refractivity contribution in [3.8, 4) is 0 Å². The van der Waals surface area contributed by atoms with Crippen LogP contribution in [0.15, 0.2) is 24.3 Å². The molecule has 0 bridgehead atoms. The van der Waals surface area contributed by atoms with Gasteiger partial charge in [-0.15, -0.1) is 0 Å². The van der Waals surface area contributed by atoms with Crippen LogP contribution >= 0.6 is 0 Å². The molecule has 0 unspecified atom stereocenters. The summed E-state index contributed by atoms with van der Waals surface area (Å²) in [5, 5.41) is 12.1. The van der Waals surface area contributed by atoms with E-state index in [0.717, 1.165) is 24.9 Å². The summed E-state index contributed by atoms with van der Waals surface area (Å²) in [6.07, 6.45) is 2.96. The van der Waals surface area contributed by atoms with Gasteiger partial charge in [0.25, 0.3) is 0 Å². The van der Waals surface area contributed by atoms with Crippen molar-refractivity contribution in [2.75, 3.05) is 25.0 Å². The number of benzene rings is 1. The van der Waals surface area contributed by atoms with Gasteiger partial charge < -0.3 is 10.4 Å². The summed E-state index contributed by atoms with van der Waals surface area (Å²) in [5.74, 6) is -0.0281. The first-order valence-corrected chi connectivity index (χ1v) is 7.88. The molecule has 1 rings (SSSR count). The monoisotopic (exact) mass is 292 g/mol. The van der Waals surface area contributed by atoms with Gasteiger partial charge in [-0.25, -0.2) is 0 Å². The number of nitrogens with one attached hydrogen (secondary N) is 1. The molecular weight excluding hydrogens is 264 g/mol. The van der Waals surface area contributed by atoms with E-state index in [1.807, 2.05) is 24.3 Å². The normalized spacial score (nSPS) is 11.1. The highest BCUT2D eigenvalue weighted by molar-refractivity contribution is 5.92. The molecule has 0 aliphatic heterocycles. The van der Waals surface area contributed by atoms with Gasteiger partial charge in [0.1, 0.15) is 0 Å². The van der Waals surface area contributed by atoms with Gasteiger partial charge in [0.15, 0.2) is 0 Å². The lowest BCUT2D eigenvalue weighted by molar-refractivity contribution is -0.118. The van der Waals surface area contributed by atoms with Gasteiger partial charge in [0, 0.05) is 18.3 Å². The Labute approximate surface area is 128 Å². The van der Waals surface area contributed by atoms with E-state index >= 15 is 0 Å². The predicted octanol–water partition coefficient (Wildman–Crippen LogP) is 2.67. The second kappa shape index (κ2) is 9.53. The van der Waals surface area contributed by atoms with Crippen LogP contribution in [-0.2, 0) is 11.2 Å². The molecule has 4 nitrogen and oxygen atoms in total. The van der Waals surface area contributed by atoms with Gasteiger partial charge in [-0.3, -0.25) is 9.69 Å². The number of hydrogen-bond acceptors (Lipinski definition) is 3. The van der Waals surface area contributed by atoms with Crippen molar-refractivity contribution in [1.29, 1.82) is 0 Å². The van der Waals surface area contributed by atoms with E-state index in [9.17, 15) is 4.79 Å². The molecule has 1 aromatic rings. The van der Waals surface area contributed by atoms with Crippen LogP contribution in [0.25, 0.3) is 0 Å². The minimum Gasteiger partial charge on any atom is -0.395 e. The van der Waals surface area contributed by atoms with Crippen molar-refractivity contribution in [3.63, 3.8) is 0 Å². The lowest BCUT2D eigenvalue weighted by atomic mass is 10.1. The Morgan fingerprint density at radius 2 is 1.81 bits per heavy atom. The Hall–Kier alpha value is -1.39. The zero-order valence-corrected chi connectivity index (χ0v) is 13.4. The molecule has 0 heterocycles. The van der Waals surface area contributed by atoms with E-state index < -0.39 is 0 Å². The lowest BCUT2D eigenvalue weighted by Crippen LogP contribution is -2.42. The van der Waals surface area contributed by atoms with Crippen LogP contribution in [0.4, 0.5) is 5.69 Å². The van der Waals surface area contributed by atoms with Crippen molar-refractivity contribution in [2.45, 2.75) is 46.1 Å². The molecule has 0 radical (unpaired) electrons. The van der Waals surface area contributed by atoms with E-state index in [1.165, 1.54) is 5.56 Å². The highest BCUT2D eigenvalue weighted by atomic mass is 16.3. The molecule has 0 aliphatic rings. The smallest absolute Gasteiger partial charge is 0.238 e. The lowest BCUT2D eigenvalue weighted by Gasteiger charge is -2.29. The summed E-state index contributed by atoms with van der Waals surface area (Å²) in [5.41, 5.74) is 2.08. The number of carbonyl (C=O) groups excluding carboxylic acids is 1. The Balaban J connectivity index is 2.59. The summed E-state index contributed by atoms with van der Waals surface area (Å²) in [6, 6.07) is 8.27. The highest BCUT2D eigenvalue weighted by Gasteiger charge is 2.17. The molecule has 1 amide bonds. The van der Waals surface area contributed by atoms with E-state index in [-0.39, 0.29) is 12.5 Å². The van der Waals surface area contributed by atoms with Crippen LogP contribution in [0.1, 0.15) is 39.2 Å². The predicted molar refractivity (Wildman–Crippen MR) is 87.5 cm³/mol. The Morgan fingerprint density at radius 1 is 1.19 bits per heavy atom. The second-order valence-electron chi connectivity index (χ2n) is 5.26. The van der Waals surface area contributed by atoms with Crippen LogP contribution in [-0.4, -0.2) is 41.7 Å². The van der Waals surface area contributed by atoms with Crippen LogP contribution in [0.2, 0.25) is 0 Å². The van der Waals surface area contributed by atoms with Gasteiger partial charge in [-0.2, -0.15) is 0 Å². The zero-order chi connectivity index (χ0) is 15.7. The number of aliphatic hydroxyl groups excluding tert-OH is 1. The SMILES string of the molecule is CCc1ccc(NC(=O)CN(CCO)C(CC)CC)cc1. The van der Waals surface area contributed by atoms with Gasteiger partial charge in [0.05, 0.1) is 13.2 Å². The molecule has 0 saturated heterocycles. The topological polar surface area (TPSA) is 52.6 Å². The number of aryl methyl sites for hydroxylation is 1. The molecular formula is C17H28N2O2. The standard InChI is InChI=1S/C17H28N2O2/c1-4-14-7-9-15(10-8-14)18-17(21)13-19(11-12-20)16(5-2)6-3/h7-10,16,20H,4-6,11-13H2,1-3H3,(H,18,21). The van der Waals surface area contributed by atoms with Crippen LogP contribution in [0.5, 0.6) is 0 Å². The molecule has 0 spiro atoms. The summed E-state index contributed by atoms with van der Waals surface area (Å²) in [6.45, 7) is 7.27. The molecule has 21 heavy (non-hydrogen) atoms. The fourth-order valence-electron chi connectivity index (χ4n) is 2.53. The van der Waals surface area contributed by atoms with Crippen molar-refractivity contribution >= 4 is 11.6 Å². The highest BCUT2D eigenvalue weighted by Crippen LogP contribution is 2.11. The molecule has 2 N–H and O–H groups in total. The van der Waals surface area contributed by atoms with E-state index in [4.69, 9.17) is 5.11 Å². The van der Waals surface area contributed by atoms with Crippen LogP contribution in [0.3, 0.4) is 0 Å². The molecule has 118 valence electrons. The van der Waals surface area contributed by atoms with Gasteiger partial charge in [0.2, 0.25) is 5.91 Å². The Bertz CT molecular complexity index is 413. The first kappa shape index (κ1) is 17.7. The fraction of sp³-hybridized carbons (Fsp3) is 0.588. The van der Waals surface area contributed by atoms with E-state index in [0.29, 0.717) is 19.1 Å². The third kappa shape index (κ3) is 5.86. The average Bonchev–Trinajstić information content (AvgIpc) is 2.49. The number of hydrogen-bond donors (Lipinski definition) is 2. The number of amides is 1. The van der Waals surface area contributed by atoms with Gasteiger partial charge in [-0.1, -0.05) is 32.9 Å². The largest absolute Gasteiger partial charge is 0.395 e. The van der Waals surface area contributed by atoms with Crippen molar-refractivity contribution in [2.24, 2.45) is 0 Å². The van der Waals surface area contributed by atoms with E-state index in [1.54, 1.807) is 0 Å². The fourth-order valence-corrected chi connectivity index (χ4v) is 2.53. The summed E-state index contributed by atoms with van der Waals surface area (Å²) < 4.78 is 0. The summed E-state index contributed by atoms with van der Waals surface area (Å²) >= 11 is 0. The third-order valence-corrected chi connectivity index (χ3v) is 3.84. The number of anilines is 1. The Kier molecular flexibility index (Phi) is 8.01. The minimum absolute atomic E-state index is 0.0281. The molecule has 0 aromatic heterocycles. The maximum Gasteiger partial charge on any atom is 0.238 e. The quantitative estimate of drug-likeness (QED) is 0.736.